The van der Waals surface area contributed by atoms with Crippen molar-refractivity contribution < 1.29 is 0 Å². The first-order valence-corrected chi connectivity index (χ1v) is 8.71. The zero-order chi connectivity index (χ0) is 14.1. The molecule has 0 aromatic heterocycles. The van der Waals surface area contributed by atoms with Crippen LogP contribution >= 0.6 is 0 Å². The molecule has 2 fully saturated rings. The molecule has 0 radical (unpaired) electrons. The lowest BCUT2D eigenvalue weighted by Crippen LogP contribution is -2.54. The molecule has 3 aliphatic heterocycles. The highest BCUT2D eigenvalue weighted by molar-refractivity contribution is 5.56. The quantitative estimate of drug-likeness (QED) is 0.901. The molecule has 3 nitrogen and oxygen atoms in total. The number of piperidine rings is 1. The lowest BCUT2D eigenvalue weighted by atomic mass is 9.96. The molecule has 0 spiro atoms. The van der Waals surface area contributed by atoms with E-state index >= 15 is 0 Å². The van der Waals surface area contributed by atoms with Gasteiger partial charge in [-0.2, -0.15) is 0 Å². The predicted molar refractivity (Wildman–Crippen MR) is 87.7 cm³/mol. The number of hydrogen-bond acceptors (Lipinski definition) is 3. The van der Waals surface area contributed by atoms with Crippen molar-refractivity contribution in [2.45, 2.75) is 44.7 Å². The minimum absolute atomic E-state index is 0.824. The van der Waals surface area contributed by atoms with E-state index in [9.17, 15) is 0 Å². The standard InChI is InChI=1S/C18H27N3/c1-2-10-21-12-11-20(14-16(21)6-1)13-15-5-3-8-18-17(15)7-4-9-19-18/h3,5,8,16,19H,1-2,4,6-7,9-14H2. The molecule has 1 N–H and O–H groups in total. The van der Waals surface area contributed by atoms with Crippen molar-refractivity contribution in [1.82, 2.24) is 9.80 Å². The van der Waals surface area contributed by atoms with Gasteiger partial charge in [-0.05, 0) is 49.4 Å². The summed E-state index contributed by atoms with van der Waals surface area (Å²) < 4.78 is 0. The second kappa shape index (κ2) is 5.98. The summed E-state index contributed by atoms with van der Waals surface area (Å²) in [4.78, 5) is 5.42. The second-order valence-corrected chi connectivity index (χ2v) is 6.89. The number of hydrogen-bond donors (Lipinski definition) is 1. The Morgan fingerprint density at radius 1 is 1.10 bits per heavy atom. The van der Waals surface area contributed by atoms with Crippen LogP contribution in [0.3, 0.4) is 0 Å². The molecule has 0 amide bonds. The van der Waals surface area contributed by atoms with Crippen molar-refractivity contribution in [2.24, 2.45) is 0 Å². The van der Waals surface area contributed by atoms with Crippen LogP contribution in [0.1, 0.15) is 36.8 Å². The average Bonchev–Trinajstić information content (AvgIpc) is 2.55. The van der Waals surface area contributed by atoms with Crippen LogP contribution in [0.15, 0.2) is 18.2 Å². The lowest BCUT2D eigenvalue weighted by Gasteiger charge is -2.44. The zero-order valence-electron chi connectivity index (χ0n) is 13.0. The Morgan fingerprint density at radius 3 is 3.10 bits per heavy atom. The summed E-state index contributed by atoms with van der Waals surface area (Å²) in [5, 5.41) is 3.56. The molecular weight excluding hydrogens is 258 g/mol. The summed E-state index contributed by atoms with van der Waals surface area (Å²) in [5.41, 5.74) is 4.52. The van der Waals surface area contributed by atoms with Crippen molar-refractivity contribution in [3.63, 3.8) is 0 Å². The Labute approximate surface area is 128 Å². The van der Waals surface area contributed by atoms with Gasteiger partial charge < -0.3 is 5.32 Å². The molecule has 3 heterocycles. The number of fused-ring (bicyclic) bond motifs is 2. The number of benzene rings is 1. The van der Waals surface area contributed by atoms with E-state index in [0.717, 1.165) is 19.1 Å². The van der Waals surface area contributed by atoms with E-state index in [1.54, 1.807) is 11.1 Å². The number of nitrogens with one attached hydrogen (secondary N) is 1. The van der Waals surface area contributed by atoms with Crippen LogP contribution in [0.5, 0.6) is 0 Å². The lowest BCUT2D eigenvalue weighted by molar-refractivity contribution is 0.0456. The van der Waals surface area contributed by atoms with Crippen molar-refractivity contribution in [2.75, 3.05) is 38.0 Å². The third-order valence-electron chi connectivity index (χ3n) is 5.51. The Balaban J connectivity index is 1.46. The van der Waals surface area contributed by atoms with Crippen LogP contribution in [0, 0.1) is 0 Å². The van der Waals surface area contributed by atoms with Gasteiger partial charge in [0.25, 0.3) is 0 Å². The van der Waals surface area contributed by atoms with Crippen LogP contribution in [0.25, 0.3) is 0 Å². The van der Waals surface area contributed by atoms with Crippen molar-refractivity contribution in [3.05, 3.63) is 29.3 Å². The summed E-state index contributed by atoms with van der Waals surface area (Å²) in [6, 6.07) is 7.64. The van der Waals surface area contributed by atoms with E-state index in [4.69, 9.17) is 0 Å². The molecule has 1 unspecified atom stereocenters. The van der Waals surface area contributed by atoms with Crippen LogP contribution in [-0.4, -0.2) is 48.6 Å². The fourth-order valence-corrected chi connectivity index (χ4v) is 4.34. The van der Waals surface area contributed by atoms with Crippen LogP contribution in [0.2, 0.25) is 0 Å². The molecule has 2 saturated heterocycles. The Bertz CT molecular complexity index is 499. The van der Waals surface area contributed by atoms with Gasteiger partial charge in [-0.3, -0.25) is 9.80 Å². The monoisotopic (exact) mass is 285 g/mol. The number of piperazine rings is 1. The third-order valence-corrected chi connectivity index (χ3v) is 5.51. The molecule has 0 aliphatic carbocycles. The minimum Gasteiger partial charge on any atom is -0.385 e. The first-order chi connectivity index (χ1) is 10.4. The average molecular weight is 285 g/mol. The van der Waals surface area contributed by atoms with Gasteiger partial charge in [0.15, 0.2) is 0 Å². The SMILES string of the molecule is c1cc(CN2CCN3CCCCC3C2)c2c(c1)NCCC2. The van der Waals surface area contributed by atoms with E-state index in [-0.39, 0.29) is 0 Å². The van der Waals surface area contributed by atoms with Crippen molar-refractivity contribution in [1.29, 1.82) is 0 Å². The summed E-state index contributed by atoms with van der Waals surface area (Å²) in [6.45, 7) is 7.41. The molecule has 1 atom stereocenters. The smallest absolute Gasteiger partial charge is 0.0375 e. The van der Waals surface area contributed by atoms with Gasteiger partial charge in [0.2, 0.25) is 0 Å². The number of anilines is 1. The van der Waals surface area contributed by atoms with E-state index in [1.165, 1.54) is 64.0 Å². The summed E-state index contributed by atoms with van der Waals surface area (Å²) >= 11 is 0. The molecule has 1 aromatic rings. The first-order valence-electron chi connectivity index (χ1n) is 8.71. The fourth-order valence-electron chi connectivity index (χ4n) is 4.34. The maximum atomic E-state index is 3.56. The summed E-state index contributed by atoms with van der Waals surface area (Å²) in [7, 11) is 0. The molecule has 0 bridgehead atoms. The van der Waals surface area contributed by atoms with Crippen LogP contribution < -0.4 is 5.32 Å². The molecule has 1 aromatic carbocycles. The maximum absolute atomic E-state index is 3.56. The molecule has 3 aliphatic rings. The first kappa shape index (κ1) is 13.6. The van der Waals surface area contributed by atoms with Crippen molar-refractivity contribution in [3.8, 4) is 0 Å². The van der Waals surface area contributed by atoms with Gasteiger partial charge >= 0.3 is 0 Å². The number of nitrogens with zero attached hydrogens (tertiary/aromatic N) is 2. The van der Waals surface area contributed by atoms with E-state index in [0.29, 0.717) is 0 Å². The fraction of sp³-hybridized carbons (Fsp3) is 0.667. The van der Waals surface area contributed by atoms with Gasteiger partial charge in [-0.1, -0.05) is 18.6 Å². The molecule has 3 heteroatoms. The molecule has 4 rings (SSSR count). The second-order valence-electron chi connectivity index (χ2n) is 6.89. The maximum Gasteiger partial charge on any atom is 0.0375 e. The largest absolute Gasteiger partial charge is 0.385 e. The molecule has 0 saturated carbocycles. The van der Waals surface area contributed by atoms with Crippen molar-refractivity contribution >= 4 is 5.69 Å². The normalized spacial score (nSPS) is 26.8. The Hall–Kier alpha value is -1.06. The van der Waals surface area contributed by atoms with Gasteiger partial charge in [-0.25, -0.2) is 0 Å². The summed E-state index contributed by atoms with van der Waals surface area (Å²) in [6.07, 6.45) is 6.78. The molecular formula is C18H27N3. The highest BCUT2D eigenvalue weighted by atomic mass is 15.3. The van der Waals surface area contributed by atoms with E-state index < -0.39 is 0 Å². The highest BCUT2D eigenvalue weighted by Gasteiger charge is 2.29. The Kier molecular flexibility index (Phi) is 3.87. The molecule has 21 heavy (non-hydrogen) atoms. The van der Waals surface area contributed by atoms with Crippen LogP contribution in [-0.2, 0) is 13.0 Å². The highest BCUT2D eigenvalue weighted by Crippen LogP contribution is 2.28. The summed E-state index contributed by atoms with van der Waals surface area (Å²) in [5.74, 6) is 0. The van der Waals surface area contributed by atoms with Crippen LogP contribution in [0.4, 0.5) is 5.69 Å². The van der Waals surface area contributed by atoms with Gasteiger partial charge in [0.05, 0.1) is 0 Å². The zero-order valence-corrected chi connectivity index (χ0v) is 13.0. The topological polar surface area (TPSA) is 18.5 Å². The molecule has 114 valence electrons. The van der Waals surface area contributed by atoms with Gasteiger partial charge in [0.1, 0.15) is 0 Å². The van der Waals surface area contributed by atoms with E-state index in [2.05, 4.69) is 33.3 Å². The van der Waals surface area contributed by atoms with Gasteiger partial charge in [-0.15, -0.1) is 0 Å². The van der Waals surface area contributed by atoms with Gasteiger partial charge in [0, 0.05) is 44.5 Å². The minimum atomic E-state index is 0.824. The Morgan fingerprint density at radius 2 is 2.10 bits per heavy atom. The predicted octanol–water partition coefficient (Wildman–Crippen LogP) is 2.71. The number of rotatable bonds is 2. The third kappa shape index (κ3) is 2.82. The van der Waals surface area contributed by atoms with E-state index in [1.807, 2.05) is 0 Å².